The third-order valence-corrected chi connectivity index (χ3v) is 6.74. The summed E-state index contributed by atoms with van der Waals surface area (Å²) >= 11 is 0. The zero-order valence-corrected chi connectivity index (χ0v) is 16.7. The Morgan fingerprint density at radius 3 is 2.29 bits per heavy atom. The van der Waals surface area contributed by atoms with E-state index in [-0.39, 0.29) is 6.54 Å². The lowest BCUT2D eigenvalue weighted by Crippen LogP contribution is -2.41. The van der Waals surface area contributed by atoms with Crippen LogP contribution in [0.5, 0.6) is 0 Å². The van der Waals surface area contributed by atoms with Crippen LogP contribution in [0.4, 0.5) is 0 Å². The number of nitrogens with one attached hydrogen (secondary N) is 2. The molecule has 1 fully saturated rings. The molecule has 0 saturated carbocycles. The number of likely N-dealkylation sites (tertiary alicyclic amines) is 1. The van der Waals surface area contributed by atoms with E-state index >= 15 is 0 Å². The predicted octanol–water partition coefficient (Wildman–Crippen LogP) is 1.63. The molecule has 142 valence electrons. The summed E-state index contributed by atoms with van der Waals surface area (Å²) in [5, 5.41) is 6.50. The van der Waals surface area contributed by atoms with Gasteiger partial charge in [-0.2, -0.15) is 0 Å². The van der Waals surface area contributed by atoms with Gasteiger partial charge in [-0.15, -0.1) is 0 Å². The molecule has 0 aromatic carbocycles. The van der Waals surface area contributed by atoms with Gasteiger partial charge in [0.05, 0.1) is 11.3 Å². The Balaban J connectivity index is 2.40. The van der Waals surface area contributed by atoms with E-state index in [1.165, 1.54) is 45.0 Å². The van der Waals surface area contributed by atoms with Gasteiger partial charge in [0.2, 0.25) is 0 Å². The Morgan fingerprint density at radius 1 is 1.12 bits per heavy atom. The number of guanidine groups is 1. The fourth-order valence-electron chi connectivity index (χ4n) is 2.60. The summed E-state index contributed by atoms with van der Waals surface area (Å²) in [6.45, 7) is 10.9. The molecule has 0 atom stereocenters. The molecule has 1 aliphatic heterocycles. The monoisotopic (exact) mass is 360 g/mol. The Labute approximate surface area is 148 Å². The number of sulfone groups is 1. The van der Waals surface area contributed by atoms with Gasteiger partial charge in [-0.25, -0.2) is 8.42 Å². The summed E-state index contributed by atoms with van der Waals surface area (Å²) in [5.74, 6) is 0.699. The van der Waals surface area contributed by atoms with Gasteiger partial charge in [-0.1, -0.05) is 12.8 Å². The predicted molar refractivity (Wildman–Crippen MR) is 102 cm³/mol. The van der Waals surface area contributed by atoms with Crippen LogP contribution in [-0.2, 0) is 9.84 Å². The molecular formula is C17H36N4O2S. The van der Waals surface area contributed by atoms with Crippen molar-refractivity contribution in [2.75, 3.05) is 45.5 Å². The third kappa shape index (κ3) is 7.83. The number of nitrogens with zero attached hydrogens (tertiary/aromatic N) is 2. The molecule has 2 N–H and O–H groups in total. The molecule has 0 bridgehead atoms. The Morgan fingerprint density at radius 2 is 1.75 bits per heavy atom. The lowest BCUT2D eigenvalue weighted by atomic mass is 10.2. The third-order valence-electron chi connectivity index (χ3n) is 4.61. The minimum atomic E-state index is -3.13. The van der Waals surface area contributed by atoms with Gasteiger partial charge in [-0.05, 0) is 59.7 Å². The van der Waals surface area contributed by atoms with Crippen LogP contribution >= 0.6 is 0 Å². The van der Waals surface area contributed by atoms with Crippen molar-refractivity contribution >= 4 is 15.8 Å². The van der Waals surface area contributed by atoms with Crippen molar-refractivity contribution in [2.24, 2.45) is 4.99 Å². The van der Waals surface area contributed by atoms with E-state index in [9.17, 15) is 8.42 Å². The van der Waals surface area contributed by atoms with Crippen LogP contribution in [0.1, 0.15) is 52.9 Å². The van der Waals surface area contributed by atoms with Crippen LogP contribution in [0.2, 0.25) is 0 Å². The van der Waals surface area contributed by atoms with E-state index in [1.807, 2.05) is 6.92 Å². The van der Waals surface area contributed by atoms with Gasteiger partial charge in [-0.3, -0.25) is 4.99 Å². The maximum atomic E-state index is 11.8. The van der Waals surface area contributed by atoms with Gasteiger partial charge in [0.1, 0.15) is 0 Å². The highest BCUT2D eigenvalue weighted by Gasteiger charge is 2.29. The Bertz CT molecular complexity index is 481. The van der Waals surface area contributed by atoms with Crippen LogP contribution in [0, 0.1) is 0 Å². The van der Waals surface area contributed by atoms with Gasteiger partial charge >= 0.3 is 0 Å². The molecule has 0 aromatic rings. The number of rotatable bonds is 8. The summed E-state index contributed by atoms with van der Waals surface area (Å²) in [6.07, 6.45) is 7.70. The smallest absolute Gasteiger partial charge is 0.191 e. The number of aliphatic imine (C=N–C) groups is 1. The van der Waals surface area contributed by atoms with Crippen LogP contribution in [0.3, 0.4) is 0 Å². The quantitative estimate of drug-likeness (QED) is 0.391. The summed E-state index contributed by atoms with van der Waals surface area (Å²) in [6, 6.07) is 0. The zero-order valence-electron chi connectivity index (χ0n) is 15.9. The molecule has 6 nitrogen and oxygen atoms in total. The van der Waals surface area contributed by atoms with Crippen molar-refractivity contribution < 1.29 is 8.42 Å². The van der Waals surface area contributed by atoms with Crippen LogP contribution in [0.15, 0.2) is 4.99 Å². The molecular weight excluding hydrogens is 324 g/mol. The van der Waals surface area contributed by atoms with Gasteiger partial charge in [0.25, 0.3) is 0 Å². The maximum absolute atomic E-state index is 11.8. The van der Waals surface area contributed by atoms with Crippen molar-refractivity contribution in [3.63, 3.8) is 0 Å². The Kier molecular flexibility index (Phi) is 9.05. The highest BCUT2D eigenvalue weighted by atomic mass is 32.2. The number of hydrogen-bond donors (Lipinski definition) is 2. The van der Waals surface area contributed by atoms with Gasteiger partial charge in [0.15, 0.2) is 15.8 Å². The second-order valence-corrected chi connectivity index (χ2v) is 9.91. The zero-order chi connectivity index (χ0) is 18.1. The topological polar surface area (TPSA) is 73.8 Å². The molecule has 0 aliphatic carbocycles. The lowest BCUT2D eigenvalue weighted by Gasteiger charge is -2.22. The molecule has 0 radical (unpaired) electrons. The van der Waals surface area contributed by atoms with Crippen LogP contribution < -0.4 is 10.6 Å². The minimum absolute atomic E-state index is 0.257. The molecule has 0 aromatic heterocycles. The normalized spacial score (nSPS) is 18.2. The average molecular weight is 361 g/mol. The van der Waals surface area contributed by atoms with E-state index in [1.54, 1.807) is 13.8 Å². The van der Waals surface area contributed by atoms with Crippen molar-refractivity contribution in [2.45, 2.75) is 57.6 Å². The highest BCUT2D eigenvalue weighted by molar-refractivity contribution is 7.92. The molecule has 0 spiro atoms. The standard InChI is InChI=1S/C17H36N4O2S/c1-5-18-16(20-15-17(2,3)24(4,22)23)19-11-10-14-21-12-8-6-7-9-13-21/h5-15H2,1-4H3,(H2,18,19,20). The molecule has 1 aliphatic rings. The van der Waals surface area contributed by atoms with Crippen molar-refractivity contribution in [1.29, 1.82) is 0 Å². The first-order valence-corrected chi connectivity index (χ1v) is 11.1. The van der Waals surface area contributed by atoms with Crippen molar-refractivity contribution in [3.8, 4) is 0 Å². The highest BCUT2D eigenvalue weighted by Crippen LogP contribution is 2.15. The van der Waals surface area contributed by atoms with E-state index < -0.39 is 14.6 Å². The van der Waals surface area contributed by atoms with Crippen LogP contribution in [-0.4, -0.2) is 69.5 Å². The van der Waals surface area contributed by atoms with E-state index in [4.69, 9.17) is 0 Å². The molecule has 1 rings (SSSR count). The van der Waals surface area contributed by atoms with Crippen molar-refractivity contribution in [1.82, 2.24) is 15.5 Å². The van der Waals surface area contributed by atoms with E-state index in [0.29, 0.717) is 5.96 Å². The summed E-state index contributed by atoms with van der Waals surface area (Å²) < 4.78 is 22.7. The first-order chi connectivity index (χ1) is 11.3. The fourth-order valence-corrected chi connectivity index (χ4v) is 2.90. The largest absolute Gasteiger partial charge is 0.357 e. The SMILES string of the molecule is CCNC(=NCC(C)(C)S(C)(=O)=O)NCCCN1CCCCCC1. The summed E-state index contributed by atoms with van der Waals surface area (Å²) in [4.78, 5) is 7.00. The fraction of sp³-hybridized carbons (Fsp3) is 0.941. The first kappa shape index (κ1) is 21.2. The van der Waals surface area contributed by atoms with E-state index in [2.05, 4.69) is 20.5 Å². The summed E-state index contributed by atoms with van der Waals surface area (Å²) in [7, 11) is -3.13. The number of hydrogen-bond acceptors (Lipinski definition) is 4. The molecule has 0 amide bonds. The van der Waals surface area contributed by atoms with Gasteiger partial charge < -0.3 is 15.5 Å². The summed E-state index contributed by atoms with van der Waals surface area (Å²) in [5.41, 5.74) is 0. The van der Waals surface area contributed by atoms with E-state index in [0.717, 1.165) is 26.1 Å². The second-order valence-electron chi connectivity index (χ2n) is 7.26. The van der Waals surface area contributed by atoms with Crippen LogP contribution in [0.25, 0.3) is 0 Å². The second kappa shape index (κ2) is 10.2. The molecule has 24 heavy (non-hydrogen) atoms. The molecule has 1 heterocycles. The minimum Gasteiger partial charge on any atom is -0.357 e. The molecule has 1 saturated heterocycles. The molecule has 7 heteroatoms. The van der Waals surface area contributed by atoms with Gasteiger partial charge in [0, 0.05) is 19.3 Å². The average Bonchev–Trinajstić information content (AvgIpc) is 2.76. The first-order valence-electron chi connectivity index (χ1n) is 9.20. The Hall–Kier alpha value is -0.820. The maximum Gasteiger partial charge on any atom is 0.191 e. The van der Waals surface area contributed by atoms with Crippen molar-refractivity contribution in [3.05, 3.63) is 0 Å². The lowest BCUT2D eigenvalue weighted by molar-refractivity contribution is 0.282. The molecule has 0 unspecified atom stereocenters.